The van der Waals surface area contributed by atoms with Gasteiger partial charge in [0.15, 0.2) is 18.4 Å². The maximum absolute atomic E-state index is 13.5. The van der Waals surface area contributed by atoms with Gasteiger partial charge >= 0.3 is 11.9 Å². The maximum atomic E-state index is 13.5. The van der Waals surface area contributed by atoms with Gasteiger partial charge in [-0.3, -0.25) is 4.99 Å². The van der Waals surface area contributed by atoms with Gasteiger partial charge in [-0.2, -0.15) is 0 Å². The van der Waals surface area contributed by atoms with Crippen LogP contribution in [0.25, 0.3) is 0 Å². The van der Waals surface area contributed by atoms with Crippen molar-refractivity contribution in [3.05, 3.63) is 59.7 Å². The van der Waals surface area contributed by atoms with E-state index in [4.69, 9.17) is 24.7 Å². The number of guanidine groups is 1. The molecule has 10 N–H and O–H groups in total. The number of aliphatic hydroxyl groups is 6. The van der Waals surface area contributed by atoms with Crippen LogP contribution in [0.3, 0.4) is 0 Å². The number of β-amino-alcohol motifs (C(OH)–C–C–N with tert-alkyl or cyclic N) is 1. The normalized spacial score (nSPS) is 31.3. The third-order valence-corrected chi connectivity index (χ3v) is 8.63. The molecular weight excluding hydrogens is 636 g/mol. The fraction of sp³-hybridized carbons (Fsp3) is 0.581. The van der Waals surface area contributed by atoms with Crippen LogP contribution in [0, 0.1) is 11.8 Å². The second-order valence-corrected chi connectivity index (χ2v) is 11.8. The van der Waals surface area contributed by atoms with Gasteiger partial charge in [0, 0.05) is 31.3 Å². The summed E-state index contributed by atoms with van der Waals surface area (Å²) < 4.78 is 22.7. The number of esters is 1. The lowest BCUT2D eigenvalue weighted by molar-refractivity contribution is -0.404. The van der Waals surface area contributed by atoms with E-state index >= 15 is 0 Å². The molecule has 3 heterocycles. The lowest BCUT2D eigenvalue weighted by Gasteiger charge is -2.46. The third-order valence-electron chi connectivity index (χ3n) is 8.63. The van der Waals surface area contributed by atoms with Gasteiger partial charge < -0.3 is 70.6 Å². The minimum Gasteiger partial charge on any atom is -0.478 e. The largest absolute Gasteiger partial charge is 0.478 e. The Bertz CT molecular complexity index is 1350. The number of nitrogens with two attached hydrogens (primary N) is 1. The van der Waals surface area contributed by atoms with Gasteiger partial charge in [-0.25, -0.2) is 9.59 Å². The van der Waals surface area contributed by atoms with E-state index in [9.17, 15) is 45.3 Å². The lowest BCUT2D eigenvalue weighted by atomic mass is 9.83. The predicted molar refractivity (Wildman–Crippen MR) is 166 cm³/mol. The molecule has 1 aliphatic carbocycles. The number of carboxylic acid groups (broad SMARTS) is 1. The summed E-state index contributed by atoms with van der Waals surface area (Å²) in [6.45, 7) is 2.82. The number of nitrogens with zero attached hydrogens (tertiary/aromatic N) is 2. The van der Waals surface area contributed by atoms with Crippen LogP contribution in [-0.4, -0.2) is 135 Å². The minimum atomic E-state index is -3.12. The van der Waals surface area contributed by atoms with E-state index in [1.165, 1.54) is 19.2 Å². The zero-order valence-electron chi connectivity index (χ0n) is 26.4. The second kappa shape index (κ2) is 16.1. The Morgan fingerprint density at radius 3 is 2.52 bits per heavy atom. The fourth-order valence-corrected chi connectivity index (χ4v) is 5.94. The van der Waals surface area contributed by atoms with Crippen molar-refractivity contribution in [1.82, 2.24) is 10.2 Å². The molecule has 1 saturated heterocycles. The Hall–Kier alpha value is -3.81. The number of carbonyl (C=O) groups excluding carboxylic acids is 1. The van der Waals surface area contributed by atoms with Gasteiger partial charge in [0.05, 0.1) is 48.8 Å². The molecule has 7 atom stereocenters. The number of allylic oxidation sites excluding steroid dienone is 2. The number of aliphatic carboxylic acids is 1. The van der Waals surface area contributed by atoms with Crippen LogP contribution in [0.2, 0.25) is 0 Å². The highest BCUT2D eigenvalue weighted by molar-refractivity contribution is 5.92. The first kappa shape index (κ1) is 37.0. The quantitative estimate of drug-likeness (QED) is 0.0351. The molecule has 0 aromatic rings. The molecule has 0 spiro atoms. The summed E-state index contributed by atoms with van der Waals surface area (Å²) >= 11 is 0. The van der Waals surface area contributed by atoms with Crippen LogP contribution in [0.5, 0.6) is 0 Å². The average molecular weight is 681 g/mol. The summed E-state index contributed by atoms with van der Waals surface area (Å²) in [5.74, 6) is -6.94. The lowest BCUT2D eigenvalue weighted by Crippen LogP contribution is -2.68. The zero-order valence-corrected chi connectivity index (χ0v) is 26.4. The number of carbonyl (C=O) groups is 2. The molecule has 4 aliphatic rings. The first-order valence-corrected chi connectivity index (χ1v) is 15.5. The second-order valence-electron chi connectivity index (χ2n) is 11.8. The Morgan fingerprint density at radius 1 is 1.21 bits per heavy atom. The molecule has 1 saturated carbocycles. The Kier molecular flexibility index (Phi) is 12.4. The van der Waals surface area contributed by atoms with E-state index in [-0.39, 0.29) is 48.6 Å². The summed E-state index contributed by atoms with van der Waals surface area (Å²) in [7, 11) is 1.42. The van der Waals surface area contributed by atoms with Crippen molar-refractivity contribution in [3.8, 4) is 0 Å². The van der Waals surface area contributed by atoms with E-state index in [0.29, 0.717) is 18.4 Å². The fourth-order valence-electron chi connectivity index (χ4n) is 5.94. The summed E-state index contributed by atoms with van der Waals surface area (Å²) in [6, 6.07) is 0. The zero-order chi connectivity index (χ0) is 35.2. The summed E-state index contributed by atoms with van der Waals surface area (Å²) in [4.78, 5) is 31.2. The molecule has 17 heteroatoms. The molecule has 0 aromatic heterocycles. The number of carboxylic acids is 1. The van der Waals surface area contributed by atoms with Crippen LogP contribution < -0.4 is 11.1 Å². The van der Waals surface area contributed by atoms with Gasteiger partial charge in [-0.15, -0.1) is 6.58 Å². The standard InChI is InChI=1S/C31H44N4O13/c1-3-18-19(9-8-16-12-35(10-11-36)13-20(26(40)41)23(16)34-30(32)33-2)21(27(42)46-17-6-4-5-7-17)15-45-28(18)48-29-25(39)31(43,44)24(38)22(14-37)47-29/h3,8-9,12,15,17-19,22,24-25,28-29,36-39,43-44H,1,4-7,10-11,13-14H2,2H3,(H,40,41)(H3,32,33,34). The smallest absolute Gasteiger partial charge is 0.338 e. The van der Waals surface area contributed by atoms with Crippen LogP contribution >= 0.6 is 0 Å². The summed E-state index contributed by atoms with van der Waals surface area (Å²) in [5.41, 5.74) is 6.33. The number of hydrogen-bond acceptors (Lipinski definition) is 14. The van der Waals surface area contributed by atoms with E-state index in [1.54, 1.807) is 17.2 Å². The predicted octanol–water partition coefficient (Wildman–Crippen LogP) is -2.11. The molecule has 266 valence electrons. The van der Waals surface area contributed by atoms with Crippen molar-refractivity contribution in [1.29, 1.82) is 0 Å². The van der Waals surface area contributed by atoms with Crippen LogP contribution in [-0.2, 0) is 28.5 Å². The van der Waals surface area contributed by atoms with Crippen molar-refractivity contribution < 1.29 is 64.3 Å². The van der Waals surface area contributed by atoms with Gasteiger partial charge in [0.1, 0.15) is 18.3 Å². The van der Waals surface area contributed by atoms with Crippen molar-refractivity contribution in [2.24, 2.45) is 22.6 Å². The van der Waals surface area contributed by atoms with Crippen LogP contribution in [0.1, 0.15) is 25.7 Å². The number of nitrogens with one attached hydrogen (secondary N) is 1. The van der Waals surface area contributed by atoms with E-state index in [0.717, 1.165) is 19.1 Å². The highest BCUT2D eigenvalue weighted by atomic mass is 16.8. The van der Waals surface area contributed by atoms with Crippen LogP contribution in [0.15, 0.2) is 64.7 Å². The van der Waals surface area contributed by atoms with E-state index < -0.39 is 67.1 Å². The van der Waals surface area contributed by atoms with Gasteiger partial charge in [0.25, 0.3) is 0 Å². The molecule has 0 amide bonds. The molecule has 0 radical (unpaired) electrons. The average Bonchev–Trinajstić information content (AvgIpc) is 3.57. The number of ether oxygens (including phenoxy) is 4. The molecule has 7 unspecified atom stereocenters. The van der Waals surface area contributed by atoms with E-state index in [2.05, 4.69) is 16.9 Å². The van der Waals surface area contributed by atoms with Gasteiger partial charge in [-0.05, 0) is 25.7 Å². The Labute approximate surface area is 276 Å². The molecule has 4 rings (SSSR count). The molecular formula is C31H44N4O13. The van der Waals surface area contributed by atoms with Crippen molar-refractivity contribution in [2.75, 3.05) is 33.4 Å². The van der Waals surface area contributed by atoms with Crippen molar-refractivity contribution in [2.45, 2.75) is 68.5 Å². The number of aliphatic hydroxyl groups excluding tert-OH is 4. The topological polar surface area (TPSA) is 266 Å². The molecule has 0 bridgehead atoms. The Balaban J connectivity index is 1.72. The molecule has 17 nitrogen and oxygen atoms in total. The number of rotatable bonds is 12. The van der Waals surface area contributed by atoms with Crippen molar-refractivity contribution in [3.63, 3.8) is 0 Å². The molecule has 0 aromatic carbocycles. The minimum absolute atomic E-state index is 0.0572. The number of hydrogen-bond donors (Lipinski definition) is 9. The van der Waals surface area contributed by atoms with Crippen molar-refractivity contribution >= 4 is 17.9 Å². The van der Waals surface area contributed by atoms with E-state index in [1.807, 2.05) is 0 Å². The molecule has 3 aliphatic heterocycles. The highest BCUT2D eigenvalue weighted by Gasteiger charge is 2.56. The third kappa shape index (κ3) is 8.07. The summed E-state index contributed by atoms with van der Waals surface area (Å²) in [5, 5.41) is 73.4. The van der Waals surface area contributed by atoms with Gasteiger partial charge in [0.2, 0.25) is 12.1 Å². The first-order valence-electron chi connectivity index (χ1n) is 15.5. The number of aliphatic imine (C=N–C) groups is 1. The molecule has 2 fully saturated rings. The highest BCUT2D eigenvalue weighted by Crippen LogP contribution is 2.38. The monoisotopic (exact) mass is 680 g/mol. The first-order chi connectivity index (χ1) is 22.9. The SMILES string of the molecule is C=CC1C(OC2OC(CO)C(O)C(O)(O)C2O)OC=C(C(=O)OC2CCCC2)C1C=CC1=CN(CCO)CC(C(=O)O)=C1NC(N)=NC. The van der Waals surface area contributed by atoms with Crippen LogP contribution in [0.4, 0.5) is 0 Å². The van der Waals surface area contributed by atoms with Gasteiger partial charge in [-0.1, -0.05) is 18.2 Å². The summed E-state index contributed by atoms with van der Waals surface area (Å²) in [6.07, 6.45) is 1.13. The molecule has 48 heavy (non-hydrogen) atoms. The Morgan fingerprint density at radius 2 is 1.92 bits per heavy atom. The maximum Gasteiger partial charge on any atom is 0.338 e.